The van der Waals surface area contributed by atoms with Gasteiger partial charge in [-0.1, -0.05) is 54.1 Å². The zero-order valence-electron chi connectivity index (χ0n) is 16.0. The van der Waals surface area contributed by atoms with Crippen LogP contribution in [0.1, 0.15) is 11.1 Å². The molecule has 0 atom stereocenters. The Hall–Kier alpha value is -2.97. The maximum Gasteiger partial charge on any atom is 0.330 e. The molecule has 0 bridgehead atoms. The maximum absolute atomic E-state index is 13.1. The lowest BCUT2D eigenvalue weighted by Crippen LogP contribution is -2.39. The van der Waals surface area contributed by atoms with Crippen LogP contribution in [0.2, 0.25) is 0 Å². The van der Waals surface area contributed by atoms with Crippen LogP contribution in [-0.4, -0.2) is 33.7 Å². The SMILES string of the molecule is Cc1ccc(S(=O)(=O)N/C(c2ccccc2)=[N+](/C)S(=O)(=O)c2ccccc2)cc1. The van der Waals surface area contributed by atoms with Crippen LogP contribution in [-0.2, 0) is 20.0 Å². The number of rotatable bonds is 5. The van der Waals surface area contributed by atoms with Crippen molar-refractivity contribution in [1.29, 1.82) is 0 Å². The number of nitrogens with zero attached hydrogens (tertiary/aromatic N) is 1. The van der Waals surface area contributed by atoms with Crippen LogP contribution in [0, 0.1) is 6.92 Å². The lowest BCUT2D eigenvalue weighted by atomic mass is 10.2. The van der Waals surface area contributed by atoms with Crippen molar-refractivity contribution in [2.45, 2.75) is 16.7 Å². The molecule has 0 radical (unpaired) electrons. The lowest BCUT2D eigenvalue weighted by molar-refractivity contribution is -0.328. The lowest BCUT2D eigenvalue weighted by Gasteiger charge is -2.11. The number of nitrogens with one attached hydrogen (secondary N) is 1. The van der Waals surface area contributed by atoms with Crippen molar-refractivity contribution in [3.05, 3.63) is 96.1 Å². The summed E-state index contributed by atoms with van der Waals surface area (Å²) in [5.41, 5.74) is 1.34. The third-order valence-electron chi connectivity index (χ3n) is 4.33. The van der Waals surface area contributed by atoms with E-state index in [1.165, 1.54) is 31.3 Å². The summed E-state index contributed by atoms with van der Waals surface area (Å²) in [5, 5.41) is 0. The average molecular weight is 430 g/mol. The van der Waals surface area contributed by atoms with E-state index in [4.69, 9.17) is 0 Å². The van der Waals surface area contributed by atoms with Crippen molar-refractivity contribution in [2.24, 2.45) is 0 Å². The molecule has 150 valence electrons. The Morgan fingerprint density at radius 3 is 1.79 bits per heavy atom. The fourth-order valence-corrected chi connectivity index (χ4v) is 5.06. The molecule has 0 unspecified atom stereocenters. The predicted molar refractivity (Wildman–Crippen MR) is 112 cm³/mol. The summed E-state index contributed by atoms with van der Waals surface area (Å²) in [5.74, 6) is -0.0602. The van der Waals surface area contributed by atoms with Gasteiger partial charge in [0.2, 0.25) is 0 Å². The summed E-state index contributed by atoms with van der Waals surface area (Å²) >= 11 is 0. The molecule has 0 aromatic heterocycles. The Balaban J connectivity index is 2.16. The van der Waals surface area contributed by atoms with Gasteiger partial charge in [0.25, 0.3) is 0 Å². The van der Waals surface area contributed by atoms with Crippen LogP contribution in [0.4, 0.5) is 0 Å². The topological polar surface area (TPSA) is 83.3 Å². The molecule has 0 amide bonds. The number of benzene rings is 3. The van der Waals surface area contributed by atoms with Gasteiger partial charge >= 0.3 is 25.9 Å². The molecule has 0 aliphatic carbocycles. The normalized spacial score (nSPS) is 12.9. The molecule has 3 aromatic rings. The second kappa shape index (κ2) is 8.18. The van der Waals surface area contributed by atoms with E-state index in [2.05, 4.69) is 4.72 Å². The zero-order chi connectivity index (χ0) is 21.1. The molecule has 3 rings (SSSR count). The van der Waals surface area contributed by atoms with Gasteiger partial charge in [-0.15, -0.1) is 0 Å². The van der Waals surface area contributed by atoms with Crippen molar-refractivity contribution in [2.75, 3.05) is 7.05 Å². The highest BCUT2D eigenvalue weighted by Crippen LogP contribution is 2.15. The van der Waals surface area contributed by atoms with Gasteiger partial charge in [0.05, 0.1) is 12.6 Å². The quantitative estimate of drug-likeness (QED) is 0.384. The van der Waals surface area contributed by atoms with E-state index < -0.39 is 20.0 Å². The molecular weight excluding hydrogens is 408 g/mol. The molecule has 0 spiro atoms. The van der Waals surface area contributed by atoms with Crippen molar-refractivity contribution in [3.8, 4) is 0 Å². The third kappa shape index (κ3) is 4.55. The largest absolute Gasteiger partial charge is 0.330 e. The first-order chi connectivity index (χ1) is 13.7. The van der Waals surface area contributed by atoms with Crippen molar-refractivity contribution in [1.82, 2.24) is 4.72 Å². The van der Waals surface area contributed by atoms with E-state index in [9.17, 15) is 16.8 Å². The van der Waals surface area contributed by atoms with Gasteiger partial charge in [-0.25, -0.2) is 0 Å². The number of sulfonamides is 2. The summed E-state index contributed by atoms with van der Waals surface area (Å²) in [6.07, 6.45) is 0. The second-order valence-corrected chi connectivity index (χ2v) is 10.1. The second-order valence-electron chi connectivity index (χ2n) is 6.42. The molecule has 0 fully saturated rings. The van der Waals surface area contributed by atoms with E-state index in [0.29, 0.717) is 5.56 Å². The van der Waals surface area contributed by atoms with Crippen LogP contribution < -0.4 is 4.72 Å². The van der Waals surface area contributed by atoms with E-state index in [0.717, 1.165) is 9.54 Å². The fraction of sp³-hybridized carbons (Fsp3) is 0.0952. The van der Waals surface area contributed by atoms with Crippen LogP contribution in [0.5, 0.6) is 0 Å². The molecule has 0 aliphatic rings. The van der Waals surface area contributed by atoms with Gasteiger partial charge in [-0.3, -0.25) is 0 Å². The number of aryl methyl sites for hydroxylation is 1. The van der Waals surface area contributed by atoms with Gasteiger partial charge in [-0.2, -0.15) is 25.5 Å². The molecule has 1 N–H and O–H groups in total. The first-order valence-electron chi connectivity index (χ1n) is 8.78. The highest BCUT2D eigenvalue weighted by atomic mass is 32.2. The minimum absolute atomic E-state index is 0.0436. The molecule has 0 saturated carbocycles. The van der Waals surface area contributed by atoms with Gasteiger partial charge in [-0.05, 0) is 43.3 Å². The zero-order valence-corrected chi connectivity index (χ0v) is 17.6. The monoisotopic (exact) mass is 429 g/mol. The van der Waals surface area contributed by atoms with Gasteiger partial charge in [0, 0.05) is 0 Å². The predicted octanol–water partition coefficient (Wildman–Crippen LogP) is 2.75. The summed E-state index contributed by atoms with van der Waals surface area (Å²) in [6, 6.07) is 22.6. The van der Waals surface area contributed by atoms with E-state index in [1.54, 1.807) is 60.7 Å². The molecule has 3 aromatic carbocycles. The molecule has 0 aliphatic heterocycles. The molecule has 0 heterocycles. The summed E-state index contributed by atoms with van der Waals surface area (Å²) in [4.78, 5) is 0.104. The Labute approximate surface area is 171 Å². The smallest absolute Gasteiger partial charge is 0.179 e. The molecule has 29 heavy (non-hydrogen) atoms. The van der Waals surface area contributed by atoms with Crippen LogP contribution >= 0.6 is 0 Å². The minimum atomic E-state index is -4.01. The van der Waals surface area contributed by atoms with Crippen LogP contribution in [0.15, 0.2) is 94.7 Å². The first-order valence-corrected chi connectivity index (χ1v) is 11.7. The Morgan fingerprint density at radius 1 is 0.724 bits per heavy atom. The van der Waals surface area contributed by atoms with Gasteiger partial charge < -0.3 is 0 Å². The molecule has 0 saturated heterocycles. The number of hydrogen-bond donors (Lipinski definition) is 1. The Morgan fingerprint density at radius 2 is 1.24 bits per heavy atom. The van der Waals surface area contributed by atoms with Crippen molar-refractivity contribution >= 4 is 25.9 Å². The molecule has 6 nitrogen and oxygen atoms in total. The Bertz CT molecular complexity index is 1240. The van der Waals surface area contributed by atoms with Crippen molar-refractivity contribution < 1.29 is 20.8 Å². The van der Waals surface area contributed by atoms with E-state index in [-0.39, 0.29) is 15.6 Å². The maximum atomic E-state index is 13.1. The van der Waals surface area contributed by atoms with Gasteiger partial charge in [0.15, 0.2) is 0 Å². The number of hydrogen-bond acceptors (Lipinski definition) is 4. The third-order valence-corrected chi connectivity index (χ3v) is 7.45. The first kappa shape index (κ1) is 20.8. The number of amidine groups is 1. The standard InChI is InChI=1S/C21H20N2O4S2/c1-17-13-15-19(16-14-17)28(24,25)22-21(18-9-5-3-6-10-18)23(2)29(26,27)20-11-7-4-8-12-20/h3-16H,1-2H3/p+1. The van der Waals surface area contributed by atoms with Crippen LogP contribution in [0.3, 0.4) is 0 Å². The van der Waals surface area contributed by atoms with Crippen molar-refractivity contribution in [3.63, 3.8) is 0 Å². The summed E-state index contributed by atoms with van der Waals surface area (Å²) in [6.45, 7) is 1.85. The van der Waals surface area contributed by atoms with Crippen LogP contribution in [0.25, 0.3) is 0 Å². The fourth-order valence-electron chi connectivity index (χ4n) is 2.68. The minimum Gasteiger partial charge on any atom is -0.179 e. The highest BCUT2D eigenvalue weighted by Gasteiger charge is 2.31. The highest BCUT2D eigenvalue weighted by molar-refractivity contribution is 7.90. The van der Waals surface area contributed by atoms with E-state index in [1.807, 2.05) is 6.92 Å². The summed E-state index contributed by atoms with van der Waals surface area (Å²) < 4.78 is 55.5. The Kier molecular flexibility index (Phi) is 5.86. The average Bonchev–Trinajstić information content (AvgIpc) is 2.73. The summed E-state index contributed by atoms with van der Waals surface area (Å²) in [7, 11) is -6.66. The molecule has 8 heteroatoms. The van der Waals surface area contributed by atoms with Gasteiger partial charge in [0.1, 0.15) is 9.79 Å². The molecular formula is C21H21N2O4S2+. The van der Waals surface area contributed by atoms with E-state index >= 15 is 0 Å².